The molecule has 0 heterocycles. The second-order valence-corrected chi connectivity index (χ2v) is 2.48. The average molecular weight is 249 g/mol. The third-order valence-electron chi connectivity index (χ3n) is 0. The quantitative estimate of drug-likeness (QED) is 0.221. The van der Waals surface area contributed by atoms with Gasteiger partial charge in [-0.25, -0.2) is 8.42 Å². The molecule has 0 saturated heterocycles. The molecule has 10 heteroatoms. The molecule has 10 heavy (non-hydrogen) atoms. The standard InChI is InChI=1S/Na.H2O4S.H2O3Se/c;1-5(2,3)4;1-4(2)3/h;(H2,1,2,3,4);(H2,1,2,3)/q+1;;/p-1. The van der Waals surface area contributed by atoms with Crippen molar-refractivity contribution in [3.8, 4) is 0 Å². The Morgan fingerprint density at radius 2 is 1.30 bits per heavy atom. The van der Waals surface area contributed by atoms with Gasteiger partial charge in [-0.1, -0.05) is 0 Å². The molecule has 0 aromatic rings. The zero-order valence-corrected chi connectivity index (χ0v) is 9.32. The smallest absolute Gasteiger partial charge is 1.00 e. The molecule has 0 fully saturated rings. The summed E-state index contributed by atoms with van der Waals surface area (Å²) in [6.07, 6.45) is 0. The van der Waals surface area contributed by atoms with Gasteiger partial charge < -0.3 is 4.55 Å². The van der Waals surface area contributed by atoms with Gasteiger partial charge in [0.05, 0.1) is 0 Å². The van der Waals surface area contributed by atoms with E-state index in [-0.39, 0.29) is 29.6 Å². The van der Waals surface area contributed by atoms with Crippen molar-refractivity contribution in [3.63, 3.8) is 0 Å². The van der Waals surface area contributed by atoms with Crippen molar-refractivity contribution < 1.29 is 59.3 Å². The summed E-state index contributed by atoms with van der Waals surface area (Å²) in [5, 5.41) is 0. The van der Waals surface area contributed by atoms with Crippen molar-refractivity contribution in [2.75, 3.05) is 0 Å². The van der Waals surface area contributed by atoms with Crippen LogP contribution in [-0.4, -0.2) is 40.4 Å². The fourth-order valence-corrected chi connectivity index (χ4v) is 0. The maximum atomic E-state index is 8.76. The second-order valence-electron chi connectivity index (χ2n) is 0.658. The third kappa shape index (κ3) is 487. The van der Waals surface area contributed by atoms with Gasteiger partial charge in [-0.15, -0.1) is 0 Å². The van der Waals surface area contributed by atoms with E-state index in [4.69, 9.17) is 29.7 Å². The van der Waals surface area contributed by atoms with Crippen LogP contribution in [0.4, 0.5) is 0 Å². The van der Waals surface area contributed by atoms with Crippen LogP contribution >= 0.6 is 0 Å². The molecule has 0 aliphatic heterocycles. The van der Waals surface area contributed by atoms with Crippen LogP contribution in [0.25, 0.3) is 0 Å². The summed E-state index contributed by atoms with van der Waals surface area (Å²) in [6, 6.07) is 0. The fourth-order valence-electron chi connectivity index (χ4n) is 0. The molecule has 0 unspecified atom stereocenters. The Morgan fingerprint density at radius 1 is 1.30 bits per heavy atom. The Morgan fingerprint density at radius 3 is 1.30 bits per heavy atom. The average Bonchev–Trinajstić information content (AvgIpc) is 1.19. The summed E-state index contributed by atoms with van der Waals surface area (Å²) in [4.78, 5) is 0. The monoisotopic (exact) mass is 250 g/mol. The van der Waals surface area contributed by atoms with Gasteiger partial charge in [0.25, 0.3) is 0 Å². The number of hydrogen-bond acceptors (Lipinski definition) is 4. The van der Waals surface area contributed by atoms with E-state index in [2.05, 4.69) is 0 Å². The van der Waals surface area contributed by atoms with E-state index in [1.165, 1.54) is 0 Å². The molecule has 0 radical (unpaired) electrons. The Kier molecular flexibility index (Phi) is 14.2. The summed E-state index contributed by atoms with van der Waals surface area (Å²) in [5.74, 6) is 0. The molecule has 3 N–H and O–H groups in total. The Hall–Kier alpha value is 1.11. The largest absolute Gasteiger partial charge is 1.00 e. The van der Waals surface area contributed by atoms with Crippen molar-refractivity contribution in [1.29, 1.82) is 0 Å². The van der Waals surface area contributed by atoms with Crippen LogP contribution in [0.3, 0.4) is 0 Å². The van der Waals surface area contributed by atoms with Crippen molar-refractivity contribution in [2.45, 2.75) is 0 Å². The second kappa shape index (κ2) is 8.21. The van der Waals surface area contributed by atoms with Gasteiger partial charge in [0.2, 0.25) is 10.4 Å². The van der Waals surface area contributed by atoms with Gasteiger partial charge in [-0.05, 0) is 0 Å². The maximum absolute atomic E-state index is 8.76. The summed E-state index contributed by atoms with van der Waals surface area (Å²) in [7, 11) is -4.92. The SMILES string of the molecule is O=S(=O)([O-])O.O=[Se](O)O.[Na+]. The minimum absolute atomic E-state index is 0. The van der Waals surface area contributed by atoms with E-state index < -0.39 is 24.9 Å². The first-order chi connectivity index (χ1) is 3.73. The third-order valence-corrected chi connectivity index (χ3v) is 0. The summed E-state index contributed by atoms with van der Waals surface area (Å²) in [6.45, 7) is 0. The van der Waals surface area contributed by atoms with E-state index in [1.807, 2.05) is 0 Å². The minimum Gasteiger partial charge on any atom is 1.00 e. The van der Waals surface area contributed by atoms with Crippen LogP contribution in [0, 0.1) is 0 Å². The van der Waals surface area contributed by atoms with Gasteiger partial charge in [-0.2, -0.15) is 0 Å². The number of rotatable bonds is 0. The first-order valence-electron chi connectivity index (χ1n) is 1.21. The van der Waals surface area contributed by atoms with Crippen LogP contribution in [0.1, 0.15) is 0 Å². The van der Waals surface area contributed by atoms with E-state index >= 15 is 0 Å². The zero-order valence-electron chi connectivity index (χ0n) is 4.79. The number of hydrogen-bond donors (Lipinski definition) is 3. The predicted molar refractivity (Wildman–Crippen MR) is 23.2 cm³/mol. The zero-order chi connectivity index (χ0) is 8.08. The van der Waals surface area contributed by atoms with Crippen LogP contribution in [0.15, 0.2) is 0 Å². The van der Waals surface area contributed by atoms with E-state index in [1.54, 1.807) is 0 Å². The summed E-state index contributed by atoms with van der Waals surface area (Å²) in [5.41, 5.74) is 0. The molecule has 0 rings (SSSR count). The van der Waals surface area contributed by atoms with Crippen LogP contribution < -0.4 is 29.6 Å². The molecule has 0 saturated carbocycles. The molecule has 0 spiro atoms. The van der Waals surface area contributed by atoms with E-state index in [0.717, 1.165) is 0 Å². The van der Waals surface area contributed by atoms with Gasteiger partial charge in [0, 0.05) is 0 Å². The van der Waals surface area contributed by atoms with Crippen molar-refractivity contribution in [1.82, 2.24) is 0 Å². The van der Waals surface area contributed by atoms with Crippen LogP contribution in [0.2, 0.25) is 0 Å². The molecule has 0 aliphatic carbocycles. The molecule has 0 amide bonds. The normalized spacial score (nSPS) is 9.30. The molecule has 7 nitrogen and oxygen atoms in total. The van der Waals surface area contributed by atoms with Crippen LogP contribution in [0.5, 0.6) is 0 Å². The van der Waals surface area contributed by atoms with E-state index in [9.17, 15) is 0 Å². The molecular formula is H3NaO7SSe. The molecule has 0 atom stereocenters. The predicted octanol–water partition coefficient (Wildman–Crippen LogP) is -5.60. The van der Waals surface area contributed by atoms with Gasteiger partial charge in [-0.3, -0.25) is 4.55 Å². The van der Waals surface area contributed by atoms with Crippen molar-refractivity contribution >= 4 is 24.9 Å². The Labute approximate surface area is 83.7 Å². The molecule has 0 bridgehead atoms. The Bertz CT molecular complexity index is 156. The van der Waals surface area contributed by atoms with Gasteiger partial charge in [0.15, 0.2) is 0 Å². The van der Waals surface area contributed by atoms with Gasteiger partial charge >= 0.3 is 56.3 Å². The first-order valence-corrected chi connectivity index (χ1v) is 4.81. The molecule has 58 valence electrons. The van der Waals surface area contributed by atoms with E-state index in [0.29, 0.717) is 0 Å². The maximum Gasteiger partial charge on any atom is 1.00 e. The topological polar surface area (TPSA) is 135 Å². The van der Waals surface area contributed by atoms with Gasteiger partial charge in [0.1, 0.15) is 0 Å². The molecule has 0 aliphatic rings. The fraction of sp³-hybridized carbons (Fsp3) is 0. The first kappa shape index (κ1) is 17.3. The van der Waals surface area contributed by atoms with Crippen molar-refractivity contribution in [2.24, 2.45) is 0 Å². The van der Waals surface area contributed by atoms with Crippen molar-refractivity contribution in [3.05, 3.63) is 0 Å². The molecule has 0 aromatic carbocycles. The summed E-state index contributed by atoms with van der Waals surface area (Å²) < 4.78 is 56.0. The van der Waals surface area contributed by atoms with Crippen LogP contribution in [-0.2, 0) is 14.2 Å². The molecular weight excluding hydrogens is 246 g/mol. The minimum atomic E-state index is -4.92. The molecule has 0 aromatic heterocycles. The summed E-state index contributed by atoms with van der Waals surface area (Å²) >= 11 is -3.29. The Balaban J connectivity index is -0.0000000910.